The van der Waals surface area contributed by atoms with Gasteiger partial charge in [-0.1, -0.05) is 72.8 Å². The Bertz CT molecular complexity index is 1460. The third-order valence-electron chi connectivity index (χ3n) is 5.19. The van der Waals surface area contributed by atoms with Crippen LogP contribution in [-0.4, -0.2) is 33.2 Å². The molecule has 0 saturated heterocycles. The van der Waals surface area contributed by atoms with Crippen molar-refractivity contribution in [1.82, 2.24) is 14.8 Å². The number of nitrogens with zero attached hydrogens (tertiary/aromatic N) is 3. The molecule has 5 rings (SSSR count). The van der Waals surface area contributed by atoms with Gasteiger partial charge in [0.25, 0.3) is 5.91 Å². The van der Waals surface area contributed by atoms with Crippen molar-refractivity contribution in [2.75, 3.05) is 11.9 Å². The van der Waals surface area contributed by atoms with Crippen molar-refractivity contribution in [1.29, 1.82) is 0 Å². The first kappa shape index (κ1) is 21.1. The Morgan fingerprint density at radius 2 is 1.53 bits per heavy atom. The number of aromatic nitrogens is 3. The van der Waals surface area contributed by atoms with E-state index in [1.54, 1.807) is 22.9 Å². The van der Waals surface area contributed by atoms with Crippen LogP contribution in [0.1, 0.15) is 10.5 Å². The van der Waals surface area contributed by atoms with Crippen molar-refractivity contribution in [2.24, 2.45) is 0 Å². The lowest BCUT2D eigenvalue weighted by Crippen LogP contribution is -2.22. The Balaban J connectivity index is 1.32. The van der Waals surface area contributed by atoms with E-state index in [-0.39, 0.29) is 5.69 Å². The minimum Gasteiger partial charge on any atom is -0.451 e. The van der Waals surface area contributed by atoms with E-state index >= 15 is 0 Å². The molecule has 34 heavy (non-hydrogen) atoms. The van der Waals surface area contributed by atoms with Crippen molar-refractivity contribution in [3.8, 4) is 16.9 Å². The molecule has 0 spiro atoms. The number of benzene rings is 3. The van der Waals surface area contributed by atoms with Crippen LogP contribution in [0.15, 0.2) is 103 Å². The summed E-state index contributed by atoms with van der Waals surface area (Å²) >= 11 is 0. The minimum absolute atomic E-state index is 0.146. The van der Waals surface area contributed by atoms with E-state index in [9.17, 15) is 9.59 Å². The van der Waals surface area contributed by atoms with Gasteiger partial charge < -0.3 is 10.1 Å². The molecule has 0 fully saturated rings. The topological polar surface area (TPSA) is 86.1 Å². The second-order valence-corrected chi connectivity index (χ2v) is 7.54. The average Bonchev–Trinajstić information content (AvgIpc) is 3.31. The third-order valence-corrected chi connectivity index (χ3v) is 5.19. The maximum atomic E-state index is 12.6. The van der Waals surface area contributed by atoms with E-state index in [1.807, 2.05) is 84.9 Å². The molecule has 2 aromatic heterocycles. The van der Waals surface area contributed by atoms with E-state index in [2.05, 4.69) is 15.4 Å². The molecular weight excluding hydrogens is 428 g/mol. The predicted octanol–water partition coefficient (Wildman–Crippen LogP) is 4.88. The summed E-state index contributed by atoms with van der Waals surface area (Å²) in [6, 6.07) is 31.8. The van der Waals surface area contributed by atoms with Crippen LogP contribution in [0.4, 0.5) is 5.82 Å². The van der Waals surface area contributed by atoms with Gasteiger partial charge in [0.15, 0.2) is 6.61 Å². The van der Waals surface area contributed by atoms with Gasteiger partial charge in [-0.25, -0.2) is 14.5 Å². The van der Waals surface area contributed by atoms with E-state index in [4.69, 9.17) is 4.74 Å². The lowest BCUT2D eigenvalue weighted by atomic mass is 10.2. The number of anilines is 1. The molecule has 1 amide bonds. The summed E-state index contributed by atoms with van der Waals surface area (Å²) in [6.45, 7) is -0.450. The number of hydrogen-bond acceptors (Lipinski definition) is 5. The van der Waals surface area contributed by atoms with Crippen molar-refractivity contribution in [3.63, 3.8) is 0 Å². The standard InChI is InChI=1S/C27H20N4O3/c32-26(18-34-27(33)23-16-15-20-11-7-8-14-22(20)28-23)29-25-17-24(19-9-3-1-4-10-19)30-31(25)21-12-5-2-6-13-21/h1-17H,18H2,(H,29,32). The normalized spacial score (nSPS) is 10.7. The highest BCUT2D eigenvalue weighted by atomic mass is 16.5. The lowest BCUT2D eigenvalue weighted by molar-refractivity contribution is -0.119. The molecule has 166 valence electrons. The fraction of sp³-hybridized carbons (Fsp3) is 0.0370. The molecule has 0 unspecified atom stereocenters. The Kier molecular flexibility index (Phi) is 5.82. The highest BCUT2D eigenvalue weighted by Gasteiger charge is 2.16. The quantitative estimate of drug-likeness (QED) is 0.374. The van der Waals surface area contributed by atoms with Crippen LogP contribution < -0.4 is 5.32 Å². The summed E-state index contributed by atoms with van der Waals surface area (Å²) in [6.07, 6.45) is 0. The first-order valence-corrected chi connectivity index (χ1v) is 10.7. The van der Waals surface area contributed by atoms with Gasteiger partial charge >= 0.3 is 5.97 Å². The second kappa shape index (κ2) is 9.38. The number of pyridine rings is 1. The molecule has 0 bridgehead atoms. The first-order chi connectivity index (χ1) is 16.7. The van der Waals surface area contributed by atoms with E-state index in [0.717, 1.165) is 16.6 Å². The molecule has 0 atom stereocenters. The monoisotopic (exact) mass is 448 g/mol. The Hall–Kier alpha value is -4.78. The number of para-hydroxylation sites is 2. The first-order valence-electron chi connectivity index (χ1n) is 10.7. The number of ether oxygens (including phenoxy) is 1. The highest BCUT2D eigenvalue weighted by molar-refractivity contribution is 5.96. The summed E-state index contributed by atoms with van der Waals surface area (Å²) < 4.78 is 6.85. The molecule has 7 heteroatoms. The summed E-state index contributed by atoms with van der Waals surface area (Å²) in [5, 5.41) is 8.38. The number of carbonyl (C=O) groups is 2. The second-order valence-electron chi connectivity index (χ2n) is 7.54. The van der Waals surface area contributed by atoms with Crippen LogP contribution in [0.5, 0.6) is 0 Å². The maximum Gasteiger partial charge on any atom is 0.357 e. The van der Waals surface area contributed by atoms with Crippen LogP contribution in [0.2, 0.25) is 0 Å². The number of nitrogens with one attached hydrogen (secondary N) is 1. The molecule has 0 saturated carbocycles. The molecular formula is C27H20N4O3. The van der Waals surface area contributed by atoms with Crippen molar-refractivity contribution < 1.29 is 14.3 Å². The molecule has 1 N–H and O–H groups in total. The zero-order chi connectivity index (χ0) is 23.3. The molecule has 3 aromatic carbocycles. The maximum absolute atomic E-state index is 12.6. The van der Waals surface area contributed by atoms with Crippen molar-refractivity contribution in [3.05, 3.63) is 109 Å². The number of rotatable bonds is 6. The van der Waals surface area contributed by atoms with Gasteiger partial charge in [0.2, 0.25) is 0 Å². The SMILES string of the molecule is O=C(COC(=O)c1ccc2ccccc2n1)Nc1cc(-c2ccccc2)nn1-c1ccccc1. The summed E-state index contributed by atoms with van der Waals surface area (Å²) in [4.78, 5) is 29.4. The molecule has 5 aromatic rings. The van der Waals surface area contributed by atoms with Crippen LogP contribution >= 0.6 is 0 Å². The molecule has 0 aliphatic rings. The zero-order valence-electron chi connectivity index (χ0n) is 18.1. The van der Waals surface area contributed by atoms with Crippen molar-refractivity contribution >= 4 is 28.6 Å². The van der Waals surface area contributed by atoms with E-state index in [1.165, 1.54) is 0 Å². The molecule has 0 aliphatic heterocycles. The van der Waals surface area contributed by atoms with Crippen LogP contribution in [0, 0.1) is 0 Å². The van der Waals surface area contributed by atoms with Gasteiger partial charge in [-0.2, -0.15) is 5.10 Å². The van der Waals surface area contributed by atoms with Gasteiger partial charge in [0, 0.05) is 17.0 Å². The van der Waals surface area contributed by atoms with Crippen LogP contribution in [-0.2, 0) is 9.53 Å². The number of carbonyl (C=O) groups excluding carboxylic acids is 2. The number of amides is 1. The van der Waals surface area contributed by atoms with Crippen LogP contribution in [0.3, 0.4) is 0 Å². The van der Waals surface area contributed by atoms with Crippen molar-refractivity contribution in [2.45, 2.75) is 0 Å². The zero-order valence-corrected chi connectivity index (χ0v) is 18.1. The number of hydrogen-bond donors (Lipinski definition) is 1. The Morgan fingerprint density at radius 3 is 2.32 bits per heavy atom. The fourth-order valence-corrected chi connectivity index (χ4v) is 3.55. The van der Waals surface area contributed by atoms with Gasteiger partial charge in [0.1, 0.15) is 11.5 Å². The van der Waals surface area contributed by atoms with Gasteiger partial charge in [0.05, 0.1) is 16.9 Å². The molecule has 2 heterocycles. The molecule has 7 nitrogen and oxygen atoms in total. The number of esters is 1. The van der Waals surface area contributed by atoms with Gasteiger partial charge in [-0.05, 0) is 24.3 Å². The Labute approximate surface area is 195 Å². The third kappa shape index (κ3) is 4.54. The highest BCUT2D eigenvalue weighted by Crippen LogP contribution is 2.24. The largest absolute Gasteiger partial charge is 0.451 e. The minimum atomic E-state index is -0.664. The lowest BCUT2D eigenvalue weighted by Gasteiger charge is -2.09. The van der Waals surface area contributed by atoms with E-state index < -0.39 is 18.5 Å². The fourth-order valence-electron chi connectivity index (χ4n) is 3.55. The van der Waals surface area contributed by atoms with Crippen LogP contribution in [0.25, 0.3) is 27.8 Å². The predicted molar refractivity (Wildman–Crippen MR) is 130 cm³/mol. The number of fused-ring (bicyclic) bond motifs is 1. The average molecular weight is 448 g/mol. The van der Waals surface area contributed by atoms with Gasteiger partial charge in [-0.3, -0.25) is 4.79 Å². The van der Waals surface area contributed by atoms with E-state index in [0.29, 0.717) is 17.0 Å². The smallest absolute Gasteiger partial charge is 0.357 e. The molecule has 0 aliphatic carbocycles. The Morgan fingerprint density at radius 1 is 0.824 bits per heavy atom. The summed E-state index contributed by atoms with van der Waals surface area (Å²) in [5.74, 6) is -0.678. The molecule has 0 radical (unpaired) electrons. The van der Waals surface area contributed by atoms with Gasteiger partial charge in [-0.15, -0.1) is 0 Å². The summed E-state index contributed by atoms with van der Waals surface area (Å²) in [5.41, 5.74) is 3.24. The summed E-state index contributed by atoms with van der Waals surface area (Å²) in [7, 11) is 0.